The van der Waals surface area contributed by atoms with Gasteiger partial charge in [-0.3, -0.25) is 4.79 Å². The van der Waals surface area contributed by atoms with Crippen molar-refractivity contribution in [2.75, 3.05) is 49.1 Å². The number of anilines is 2. The van der Waals surface area contributed by atoms with Gasteiger partial charge < -0.3 is 19.8 Å². The minimum Gasteiger partial charge on any atom is -0.396 e. The van der Waals surface area contributed by atoms with Crippen LogP contribution in [0, 0.1) is 11.7 Å². The van der Waals surface area contributed by atoms with Crippen molar-refractivity contribution in [3.63, 3.8) is 0 Å². The third kappa shape index (κ3) is 4.92. The number of halogens is 1. The highest BCUT2D eigenvalue weighted by molar-refractivity contribution is 5.79. The van der Waals surface area contributed by atoms with E-state index in [2.05, 4.69) is 14.8 Å². The number of carbonyl (C=O) groups excluding carboxylic acids is 1. The number of aliphatic hydroxyl groups is 1. The number of nitrogens with zero attached hydrogens (tertiary/aromatic N) is 7. The average molecular weight is 530 g/mol. The van der Waals surface area contributed by atoms with Crippen molar-refractivity contribution in [3.8, 4) is 11.4 Å². The minimum absolute atomic E-state index is 0.0101. The van der Waals surface area contributed by atoms with Gasteiger partial charge in [0.25, 0.3) is 0 Å². The zero-order chi connectivity index (χ0) is 26.9. The van der Waals surface area contributed by atoms with E-state index in [0.717, 1.165) is 53.6 Å². The highest BCUT2D eigenvalue weighted by Crippen LogP contribution is 2.35. The number of rotatable bonds is 6. The van der Waals surface area contributed by atoms with Crippen LogP contribution in [0.1, 0.15) is 31.4 Å². The quantitative estimate of drug-likeness (QED) is 0.409. The van der Waals surface area contributed by atoms with Crippen LogP contribution < -0.4 is 9.80 Å². The molecule has 0 spiro atoms. The first-order chi connectivity index (χ1) is 19.0. The molecule has 2 atom stereocenters. The second kappa shape index (κ2) is 10.6. The van der Waals surface area contributed by atoms with E-state index in [1.54, 1.807) is 25.3 Å². The van der Waals surface area contributed by atoms with Gasteiger partial charge in [-0.25, -0.2) is 18.9 Å². The molecule has 1 unspecified atom stereocenters. The predicted molar refractivity (Wildman–Crippen MR) is 147 cm³/mol. The number of carbonyl (C=O) groups is 1. The largest absolute Gasteiger partial charge is 0.396 e. The van der Waals surface area contributed by atoms with E-state index < -0.39 is 0 Å². The molecule has 5 heterocycles. The number of aliphatic hydroxyl groups excluding tert-OH is 1. The van der Waals surface area contributed by atoms with Crippen molar-refractivity contribution in [2.45, 2.75) is 25.8 Å². The van der Waals surface area contributed by atoms with Crippen LogP contribution in [0.25, 0.3) is 17.0 Å². The smallest absolute Gasteiger partial charge is 0.227 e. The topological polar surface area (TPSA) is 90.1 Å². The van der Waals surface area contributed by atoms with Gasteiger partial charge in [-0.15, -0.1) is 5.10 Å². The highest BCUT2D eigenvalue weighted by Gasteiger charge is 2.28. The fourth-order valence-corrected chi connectivity index (χ4v) is 5.58. The lowest BCUT2D eigenvalue weighted by Crippen LogP contribution is -2.50. The zero-order valence-corrected chi connectivity index (χ0v) is 21.9. The lowest BCUT2D eigenvalue weighted by atomic mass is 10.0. The molecule has 6 rings (SSSR count). The Morgan fingerprint density at radius 2 is 1.87 bits per heavy atom. The Kier molecular flexibility index (Phi) is 6.86. The number of hydrogen-bond acceptors (Lipinski definition) is 7. The van der Waals surface area contributed by atoms with Gasteiger partial charge in [0.1, 0.15) is 23.1 Å². The normalized spacial score (nSPS) is 18.6. The number of hydrogen-bond donors (Lipinski definition) is 1. The van der Waals surface area contributed by atoms with E-state index in [1.165, 1.54) is 6.07 Å². The monoisotopic (exact) mass is 529 g/mol. The Labute approximate surface area is 226 Å². The first-order valence-corrected chi connectivity index (χ1v) is 13.5. The third-order valence-electron chi connectivity index (χ3n) is 7.74. The standard InChI is InChI=1S/C29H32FN7O2/c1-20(19-38)29(39)35-15-13-34(14-16-35)27-9-3-7-23(32-27)25-18-31-26-10-11-28(33-37(25)26)36-12-4-8-24(36)21-5-2-6-22(30)17-21/h2-3,5-7,9-11,17-18,20,24,38H,4,8,12-16,19H2,1H3/t20?,24-/m1/s1. The molecule has 0 saturated carbocycles. The average Bonchev–Trinajstić information content (AvgIpc) is 3.64. The third-order valence-corrected chi connectivity index (χ3v) is 7.74. The number of aromatic nitrogens is 4. The summed E-state index contributed by atoms with van der Waals surface area (Å²) in [6.07, 6.45) is 3.75. The molecule has 2 saturated heterocycles. The van der Waals surface area contributed by atoms with Crippen molar-refractivity contribution < 1.29 is 14.3 Å². The lowest BCUT2D eigenvalue weighted by Gasteiger charge is -2.36. The number of pyridine rings is 1. The van der Waals surface area contributed by atoms with Crippen molar-refractivity contribution in [2.24, 2.45) is 5.92 Å². The van der Waals surface area contributed by atoms with Gasteiger partial charge in [-0.2, -0.15) is 0 Å². The van der Waals surface area contributed by atoms with Crippen molar-refractivity contribution in [1.29, 1.82) is 0 Å². The molecule has 2 aliphatic rings. The fraction of sp³-hybridized carbons (Fsp3) is 0.379. The SMILES string of the molecule is CC(CO)C(=O)N1CCN(c2cccc(-c3cnc4ccc(N5CCC[C@@H]5c5cccc(F)c5)nn34)n2)CC1. The van der Waals surface area contributed by atoms with E-state index in [9.17, 15) is 14.3 Å². The maximum Gasteiger partial charge on any atom is 0.227 e. The Morgan fingerprint density at radius 3 is 2.67 bits per heavy atom. The second-order valence-electron chi connectivity index (χ2n) is 10.3. The van der Waals surface area contributed by atoms with Crippen molar-refractivity contribution in [3.05, 3.63) is 72.2 Å². The van der Waals surface area contributed by atoms with E-state index in [4.69, 9.17) is 10.1 Å². The van der Waals surface area contributed by atoms with Crippen molar-refractivity contribution >= 4 is 23.2 Å². The molecule has 1 N–H and O–H groups in total. The Hall–Kier alpha value is -4.05. The molecular weight excluding hydrogens is 497 g/mol. The summed E-state index contributed by atoms with van der Waals surface area (Å²) < 4.78 is 15.8. The number of fused-ring (bicyclic) bond motifs is 1. The van der Waals surface area contributed by atoms with E-state index in [-0.39, 0.29) is 30.3 Å². The Balaban J connectivity index is 1.24. The molecule has 39 heavy (non-hydrogen) atoms. The molecule has 2 aliphatic heterocycles. The summed E-state index contributed by atoms with van der Waals surface area (Å²) in [7, 11) is 0. The maximum absolute atomic E-state index is 13.9. The zero-order valence-electron chi connectivity index (χ0n) is 21.9. The van der Waals surface area contributed by atoms with Gasteiger partial charge in [-0.1, -0.05) is 25.1 Å². The molecular formula is C29H32FN7O2. The summed E-state index contributed by atoms with van der Waals surface area (Å²) in [5, 5.41) is 14.3. The molecule has 0 radical (unpaired) electrons. The van der Waals surface area contributed by atoms with Gasteiger partial charge in [0, 0.05) is 32.7 Å². The molecule has 0 aliphatic carbocycles. The molecule has 0 bridgehead atoms. The number of imidazole rings is 1. The summed E-state index contributed by atoms with van der Waals surface area (Å²) in [6, 6.07) is 16.8. The van der Waals surface area contributed by atoms with Gasteiger partial charge in [0.15, 0.2) is 5.65 Å². The van der Waals surface area contributed by atoms with E-state index >= 15 is 0 Å². The summed E-state index contributed by atoms with van der Waals surface area (Å²) >= 11 is 0. The Morgan fingerprint density at radius 1 is 1.05 bits per heavy atom. The van der Waals surface area contributed by atoms with Crippen molar-refractivity contribution in [1.82, 2.24) is 24.5 Å². The summed E-state index contributed by atoms with van der Waals surface area (Å²) in [4.78, 5) is 28.2. The number of benzene rings is 1. The second-order valence-corrected chi connectivity index (χ2v) is 10.3. The highest BCUT2D eigenvalue weighted by atomic mass is 19.1. The van der Waals surface area contributed by atoms with Crippen LogP contribution in [0.15, 0.2) is 60.8 Å². The summed E-state index contributed by atoms with van der Waals surface area (Å²) in [5.41, 5.74) is 3.25. The molecule has 202 valence electrons. The molecule has 9 nitrogen and oxygen atoms in total. The van der Waals surface area contributed by atoms with Crippen LogP contribution in [0.4, 0.5) is 16.0 Å². The fourth-order valence-electron chi connectivity index (χ4n) is 5.58. The molecule has 3 aromatic heterocycles. The van der Waals surface area contributed by atoms with Gasteiger partial charge in [0.2, 0.25) is 5.91 Å². The van der Waals surface area contributed by atoms with Crippen LogP contribution in [0.5, 0.6) is 0 Å². The molecule has 4 aromatic rings. The molecule has 2 fully saturated rings. The molecule has 1 amide bonds. The minimum atomic E-state index is -0.379. The van der Waals surface area contributed by atoms with Gasteiger partial charge in [-0.05, 0) is 54.8 Å². The van der Waals surface area contributed by atoms with Gasteiger partial charge in [0.05, 0.1) is 30.5 Å². The Bertz CT molecular complexity index is 1480. The van der Waals surface area contributed by atoms with Crippen LogP contribution in [-0.4, -0.2) is 74.8 Å². The first kappa shape index (κ1) is 25.2. The molecule has 1 aromatic carbocycles. The van der Waals surface area contributed by atoms with Crippen LogP contribution in [0.2, 0.25) is 0 Å². The number of amides is 1. The molecule has 10 heteroatoms. The van der Waals surface area contributed by atoms with Crippen LogP contribution in [-0.2, 0) is 4.79 Å². The lowest BCUT2D eigenvalue weighted by molar-refractivity contribution is -0.136. The maximum atomic E-state index is 13.9. The van der Waals surface area contributed by atoms with Crippen LogP contribution in [0.3, 0.4) is 0 Å². The van der Waals surface area contributed by atoms with Crippen LogP contribution >= 0.6 is 0 Å². The summed E-state index contributed by atoms with van der Waals surface area (Å²) in [5.74, 6) is 1.05. The first-order valence-electron chi connectivity index (χ1n) is 13.5. The number of piperazine rings is 1. The van der Waals surface area contributed by atoms with E-state index in [1.807, 2.05) is 45.8 Å². The summed E-state index contributed by atoms with van der Waals surface area (Å²) in [6.45, 7) is 5.00. The van der Waals surface area contributed by atoms with E-state index in [0.29, 0.717) is 26.2 Å². The predicted octanol–water partition coefficient (Wildman–Crippen LogP) is 3.55. The van der Waals surface area contributed by atoms with Gasteiger partial charge >= 0.3 is 0 Å².